The molecule has 0 unspecified atom stereocenters. The maximum atomic E-state index is 2.52. The molecule has 0 aliphatic heterocycles. The fourth-order valence-corrected chi connectivity index (χ4v) is 2.17. The highest BCUT2D eigenvalue weighted by molar-refractivity contribution is 14.1. The van der Waals surface area contributed by atoms with Crippen LogP contribution in [0, 0.1) is 0 Å². The van der Waals surface area contributed by atoms with E-state index >= 15 is 0 Å². The van der Waals surface area contributed by atoms with Crippen molar-refractivity contribution < 1.29 is 0 Å². The Morgan fingerprint density at radius 2 is 1.80 bits per heavy atom. The summed E-state index contributed by atoms with van der Waals surface area (Å²) < 4.78 is 0.903. The zero-order chi connectivity index (χ0) is 6.97. The first kappa shape index (κ1) is 6.65. The van der Waals surface area contributed by atoms with Gasteiger partial charge >= 0.3 is 0 Å². The first-order chi connectivity index (χ1) is 4.88. The Morgan fingerprint density at radius 1 is 1.20 bits per heavy atom. The van der Waals surface area contributed by atoms with Crippen LogP contribution in [0.25, 0.3) is 0 Å². The number of rotatable bonds is 1. The van der Waals surface area contributed by atoms with Crippen LogP contribution in [0.3, 0.4) is 0 Å². The van der Waals surface area contributed by atoms with Crippen LogP contribution in [0.15, 0.2) is 30.3 Å². The van der Waals surface area contributed by atoms with Crippen LogP contribution in [0.2, 0.25) is 0 Å². The number of benzene rings is 1. The predicted molar refractivity (Wildman–Crippen MR) is 51.6 cm³/mol. The van der Waals surface area contributed by atoms with Crippen LogP contribution >= 0.6 is 22.6 Å². The molecule has 10 heavy (non-hydrogen) atoms. The maximum Gasteiger partial charge on any atom is 0.0185 e. The fraction of sp³-hybridized carbons (Fsp3) is 0.333. The molecule has 52 valence electrons. The van der Waals surface area contributed by atoms with Crippen LogP contribution in [0.4, 0.5) is 0 Å². The molecule has 2 atom stereocenters. The average Bonchev–Trinajstić information content (AvgIpc) is 2.69. The van der Waals surface area contributed by atoms with Crippen molar-refractivity contribution in [2.75, 3.05) is 0 Å². The Balaban J connectivity index is 2.20. The summed E-state index contributed by atoms with van der Waals surface area (Å²) in [7, 11) is 0. The molecule has 0 spiro atoms. The van der Waals surface area contributed by atoms with E-state index in [-0.39, 0.29) is 0 Å². The highest BCUT2D eigenvalue weighted by atomic mass is 127. The van der Waals surface area contributed by atoms with Gasteiger partial charge in [-0.05, 0) is 17.9 Å². The van der Waals surface area contributed by atoms with Gasteiger partial charge in [0.1, 0.15) is 0 Å². The molecule has 0 aromatic heterocycles. The molecule has 0 saturated heterocycles. The molecule has 0 N–H and O–H groups in total. The maximum absolute atomic E-state index is 2.52. The van der Waals surface area contributed by atoms with E-state index in [1.54, 1.807) is 0 Å². The molecule has 1 aromatic carbocycles. The van der Waals surface area contributed by atoms with Gasteiger partial charge in [0.05, 0.1) is 0 Å². The number of alkyl halides is 1. The SMILES string of the molecule is I[C@@H]1C[C@H]1c1ccccc1. The van der Waals surface area contributed by atoms with Crippen molar-refractivity contribution in [3.05, 3.63) is 35.9 Å². The van der Waals surface area contributed by atoms with Gasteiger partial charge < -0.3 is 0 Å². The standard InChI is InChI=1S/C9H9I/c10-9-6-8(9)7-4-2-1-3-5-7/h1-5,8-9H,6H2/t8-,9+/m0/s1. The van der Waals surface area contributed by atoms with Gasteiger partial charge in [0, 0.05) is 3.92 Å². The summed E-state index contributed by atoms with van der Waals surface area (Å²) in [5.41, 5.74) is 1.52. The molecule has 0 nitrogen and oxygen atoms in total. The molecule has 1 heteroatoms. The molecule has 0 bridgehead atoms. The molecular formula is C9H9I. The molecule has 0 radical (unpaired) electrons. The molecule has 1 saturated carbocycles. The summed E-state index contributed by atoms with van der Waals surface area (Å²) in [4.78, 5) is 0. The second-order valence-electron chi connectivity index (χ2n) is 2.77. The normalized spacial score (nSPS) is 30.1. The Labute approximate surface area is 74.8 Å². The lowest BCUT2D eigenvalue weighted by Crippen LogP contribution is -1.78. The second-order valence-corrected chi connectivity index (χ2v) is 4.37. The molecule has 1 aromatic rings. The number of hydrogen-bond donors (Lipinski definition) is 0. The van der Waals surface area contributed by atoms with Gasteiger partial charge in [0.25, 0.3) is 0 Å². The van der Waals surface area contributed by atoms with Gasteiger partial charge in [-0.25, -0.2) is 0 Å². The third-order valence-corrected chi connectivity index (χ3v) is 3.32. The first-order valence-electron chi connectivity index (χ1n) is 3.57. The van der Waals surface area contributed by atoms with Gasteiger partial charge in [-0.3, -0.25) is 0 Å². The second kappa shape index (κ2) is 2.53. The molecule has 0 heterocycles. The molecule has 1 aliphatic rings. The highest BCUT2D eigenvalue weighted by Gasteiger charge is 2.35. The van der Waals surface area contributed by atoms with Gasteiger partial charge in [-0.2, -0.15) is 0 Å². The fourth-order valence-electron chi connectivity index (χ4n) is 1.21. The van der Waals surface area contributed by atoms with Gasteiger partial charge in [-0.1, -0.05) is 52.9 Å². The molecular weight excluding hydrogens is 235 g/mol. The molecule has 1 aliphatic carbocycles. The third kappa shape index (κ3) is 1.19. The van der Waals surface area contributed by atoms with Crippen molar-refractivity contribution in [2.24, 2.45) is 0 Å². The van der Waals surface area contributed by atoms with Crippen molar-refractivity contribution in [1.82, 2.24) is 0 Å². The zero-order valence-electron chi connectivity index (χ0n) is 5.63. The zero-order valence-corrected chi connectivity index (χ0v) is 7.78. The summed E-state index contributed by atoms with van der Waals surface area (Å²) in [6.45, 7) is 0. The lowest BCUT2D eigenvalue weighted by Gasteiger charge is -1.93. The van der Waals surface area contributed by atoms with Crippen LogP contribution < -0.4 is 0 Å². The summed E-state index contributed by atoms with van der Waals surface area (Å²) in [5.74, 6) is 0.863. The molecule has 1 fully saturated rings. The minimum Gasteiger partial charge on any atom is -0.0819 e. The van der Waals surface area contributed by atoms with Crippen molar-refractivity contribution in [1.29, 1.82) is 0 Å². The highest BCUT2D eigenvalue weighted by Crippen LogP contribution is 2.46. The van der Waals surface area contributed by atoms with E-state index in [4.69, 9.17) is 0 Å². The van der Waals surface area contributed by atoms with E-state index in [1.807, 2.05) is 0 Å². The van der Waals surface area contributed by atoms with E-state index in [0.717, 1.165) is 9.84 Å². The minimum absolute atomic E-state index is 0.863. The smallest absolute Gasteiger partial charge is 0.0185 e. The summed E-state index contributed by atoms with van der Waals surface area (Å²) in [5, 5.41) is 0. The van der Waals surface area contributed by atoms with Crippen LogP contribution in [0.1, 0.15) is 17.9 Å². The summed E-state index contributed by atoms with van der Waals surface area (Å²) in [6, 6.07) is 10.8. The Kier molecular flexibility index (Phi) is 1.68. The topological polar surface area (TPSA) is 0 Å². The van der Waals surface area contributed by atoms with Crippen molar-refractivity contribution in [3.8, 4) is 0 Å². The first-order valence-corrected chi connectivity index (χ1v) is 4.81. The van der Waals surface area contributed by atoms with Crippen molar-refractivity contribution >= 4 is 22.6 Å². The molecule has 2 rings (SSSR count). The lowest BCUT2D eigenvalue weighted by molar-refractivity contribution is 1.14. The largest absolute Gasteiger partial charge is 0.0819 e. The predicted octanol–water partition coefficient (Wildman–Crippen LogP) is 2.98. The van der Waals surface area contributed by atoms with E-state index < -0.39 is 0 Å². The van der Waals surface area contributed by atoms with Gasteiger partial charge in [0.2, 0.25) is 0 Å². The number of hydrogen-bond acceptors (Lipinski definition) is 0. The summed E-state index contributed by atoms with van der Waals surface area (Å²) >= 11 is 2.52. The third-order valence-electron chi connectivity index (χ3n) is 1.94. The van der Waals surface area contributed by atoms with E-state index in [2.05, 4.69) is 52.9 Å². The quantitative estimate of drug-likeness (QED) is 0.526. The van der Waals surface area contributed by atoms with Gasteiger partial charge in [-0.15, -0.1) is 0 Å². The van der Waals surface area contributed by atoms with Crippen LogP contribution in [-0.4, -0.2) is 3.92 Å². The van der Waals surface area contributed by atoms with E-state index in [1.165, 1.54) is 12.0 Å². The van der Waals surface area contributed by atoms with Crippen LogP contribution in [-0.2, 0) is 0 Å². The van der Waals surface area contributed by atoms with E-state index in [0.29, 0.717) is 0 Å². The van der Waals surface area contributed by atoms with Crippen molar-refractivity contribution in [3.63, 3.8) is 0 Å². The van der Waals surface area contributed by atoms with Gasteiger partial charge in [0.15, 0.2) is 0 Å². The van der Waals surface area contributed by atoms with Crippen LogP contribution in [0.5, 0.6) is 0 Å². The molecule has 0 amide bonds. The van der Waals surface area contributed by atoms with Crippen molar-refractivity contribution in [2.45, 2.75) is 16.3 Å². The monoisotopic (exact) mass is 244 g/mol. The Morgan fingerprint density at radius 3 is 2.30 bits per heavy atom. The minimum atomic E-state index is 0.863. The Hall–Kier alpha value is -0.0500. The lowest BCUT2D eigenvalue weighted by atomic mass is 10.1. The number of halogens is 1. The summed E-state index contributed by atoms with van der Waals surface area (Å²) in [6.07, 6.45) is 1.38. The Bertz CT molecular complexity index is 217. The van der Waals surface area contributed by atoms with E-state index in [9.17, 15) is 0 Å². The average molecular weight is 244 g/mol.